The molecule has 2 heterocycles. The second-order valence-electron chi connectivity index (χ2n) is 4.95. The Hall–Kier alpha value is -1.34. The SMILES string of the molecule is CC1(NC(=O)O)CCN(c2c(C=O)cnc(Cl)c2Br)C1. The molecule has 0 aliphatic carbocycles. The van der Waals surface area contributed by atoms with Crippen molar-refractivity contribution in [2.75, 3.05) is 18.0 Å². The fraction of sp³-hybridized carbons (Fsp3) is 0.417. The van der Waals surface area contributed by atoms with Crippen molar-refractivity contribution >= 4 is 45.6 Å². The van der Waals surface area contributed by atoms with Crippen molar-refractivity contribution in [1.29, 1.82) is 0 Å². The second-order valence-corrected chi connectivity index (χ2v) is 6.10. The van der Waals surface area contributed by atoms with Crippen molar-refractivity contribution in [3.05, 3.63) is 21.4 Å². The minimum atomic E-state index is -1.06. The van der Waals surface area contributed by atoms with Crippen molar-refractivity contribution in [3.8, 4) is 0 Å². The number of carbonyl (C=O) groups excluding carboxylic acids is 1. The predicted octanol–water partition coefficient (Wildman–Crippen LogP) is 2.55. The van der Waals surface area contributed by atoms with Crippen LogP contribution in [0.25, 0.3) is 0 Å². The first-order valence-electron chi connectivity index (χ1n) is 5.91. The summed E-state index contributed by atoms with van der Waals surface area (Å²) in [6.07, 6.45) is 1.71. The number of pyridine rings is 1. The van der Waals surface area contributed by atoms with Crippen molar-refractivity contribution in [2.24, 2.45) is 0 Å². The van der Waals surface area contributed by atoms with Gasteiger partial charge in [0.1, 0.15) is 5.15 Å². The monoisotopic (exact) mass is 361 g/mol. The summed E-state index contributed by atoms with van der Waals surface area (Å²) >= 11 is 9.30. The second kappa shape index (κ2) is 5.57. The van der Waals surface area contributed by atoms with Crippen LogP contribution in [-0.4, -0.2) is 41.1 Å². The molecule has 108 valence electrons. The van der Waals surface area contributed by atoms with Crippen LogP contribution >= 0.6 is 27.5 Å². The van der Waals surface area contributed by atoms with Gasteiger partial charge in [-0.25, -0.2) is 9.78 Å². The number of carboxylic acid groups (broad SMARTS) is 1. The van der Waals surface area contributed by atoms with Gasteiger partial charge in [-0.2, -0.15) is 0 Å². The minimum Gasteiger partial charge on any atom is -0.465 e. The van der Waals surface area contributed by atoms with Crippen molar-refractivity contribution in [2.45, 2.75) is 18.9 Å². The maximum Gasteiger partial charge on any atom is 0.405 e. The van der Waals surface area contributed by atoms with E-state index in [1.807, 2.05) is 11.8 Å². The van der Waals surface area contributed by atoms with Crippen LogP contribution in [-0.2, 0) is 0 Å². The van der Waals surface area contributed by atoms with Crippen LogP contribution in [0, 0.1) is 0 Å². The topological polar surface area (TPSA) is 82.5 Å². The Kier molecular flexibility index (Phi) is 4.19. The van der Waals surface area contributed by atoms with Gasteiger partial charge < -0.3 is 15.3 Å². The summed E-state index contributed by atoms with van der Waals surface area (Å²) < 4.78 is 0.545. The van der Waals surface area contributed by atoms with Crippen LogP contribution in [0.2, 0.25) is 5.15 Å². The summed E-state index contributed by atoms with van der Waals surface area (Å²) in [7, 11) is 0. The lowest BCUT2D eigenvalue weighted by atomic mass is 10.0. The molecule has 8 heteroatoms. The lowest BCUT2D eigenvalue weighted by Crippen LogP contribution is -2.47. The first kappa shape index (κ1) is 15.1. The van der Waals surface area contributed by atoms with Crippen molar-refractivity contribution in [1.82, 2.24) is 10.3 Å². The molecule has 20 heavy (non-hydrogen) atoms. The molecule has 1 aromatic rings. The molecule has 1 aliphatic heterocycles. The number of amides is 1. The minimum absolute atomic E-state index is 0.269. The standard InChI is InChI=1S/C12H13BrClN3O3/c1-12(16-11(19)20)2-3-17(6-12)9-7(5-18)4-15-10(14)8(9)13/h4-5,16H,2-3,6H2,1H3,(H,19,20). The van der Waals surface area contributed by atoms with Gasteiger partial charge in [0, 0.05) is 19.3 Å². The molecule has 2 N–H and O–H groups in total. The van der Waals surface area contributed by atoms with Gasteiger partial charge in [0.05, 0.1) is 21.3 Å². The number of nitrogens with one attached hydrogen (secondary N) is 1. The van der Waals surface area contributed by atoms with Crippen LogP contribution in [0.4, 0.5) is 10.5 Å². The molecule has 0 radical (unpaired) electrons. The molecule has 2 rings (SSSR count). The molecule has 1 amide bonds. The number of carbonyl (C=O) groups is 2. The Morgan fingerprint density at radius 3 is 3.00 bits per heavy atom. The first-order valence-corrected chi connectivity index (χ1v) is 7.08. The Morgan fingerprint density at radius 1 is 1.70 bits per heavy atom. The Morgan fingerprint density at radius 2 is 2.40 bits per heavy atom. The molecule has 1 unspecified atom stereocenters. The molecule has 6 nitrogen and oxygen atoms in total. The van der Waals surface area contributed by atoms with Crippen molar-refractivity contribution in [3.63, 3.8) is 0 Å². The van der Waals surface area contributed by atoms with Gasteiger partial charge in [-0.05, 0) is 29.3 Å². The third-order valence-electron chi connectivity index (χ3n) is 3.30. The number of aromatic nitrogens is 1. The van der Waals surface area contributed by atoms with Crippen LogP contribution in [0.15, 0.2) is 10.7 Å². The summed E-state index contributed by atoms with van der Waals surface area (Å²) in [6.45, 7) is 2.91. The highest BCUT2D eigenvalue weighted by molar-refractivity contribution is 9.10. The van der Waals surface area contributed by atoms with E-state index in [1.54, 1.807) is 0 Å². The smallest absolute Gasteiger partial charge is 0.405 e. The number of halogens is 2. The number of aldehydes is 1. The molecule has 0 spiro atoms. The normalized spacial score (nSPS) is 21.9. The largest absolute Gasteiger partial charge is 0.465 e. The molecule has 1 atom stereocenters. The fourth-order valence-electron chi connectivity index (χ4n) is 2.39. The van der Waals surface area contributed by atoms with E-state index in [2.05, 4.69) is 26.2 Å². The summed E-state index contributed by atoms with van der Waals surface area (Å²) in [4.78, 5) is 27.8. The van der Waals surface area contributed by atoms with Gasteiger partial charge in [-0.1, -0.05) is 11.6 Å². The highest BCUT2D eigenvalue weighted by Gasteiger charge is 2.37. The zero-order chi connectivity index (χ0) is 14.9. The highest BCUT2D eigenvalue weighted by atomic mass is 79.9. The molecule has 0 aromatic carbocycles. The van der Waals surface area contributed by atoms with E-state index in [4.69, 9.17) is 16.7 Å². The molecule has 1 fully saturated rings. The van der Waals surface area contributed by atoms with E-state index >= 15 is 0 Å². The highest BCUT2D eigenvalue weighted by Crippen LogP contribution is 2.37. The van der Waals surface area contributed by atoms with Crippen molar-refractivity contribution < 1.29 is 14.7 Å². The molecule has 1 saturated heterocycles. The van der Waals surface area contributed by atoms with Gasteiger partial charge in [-0.15, -0.1) is 0 Å². The molecule has 0 bridgehead atoms. The molecular weight excluding hydrogens is 350 g/mol. The predicted molar refractivity (Wildman–Crippen MR) is 78.7 cm³/mol. The lowest BCUT2D eigenvalue weighted by Gasteiger charge is -2.26. The quantitative estimate of drug-likeness (QED) is 0.638. The van der Waals surface area contributed by atoms with Crippen LogP contribution in [0.1, 0.15) is 23.7 Å². The zero-order valence-electron chi connectivity index (χ0n) is 10.7. The van der Waals surface area contributed by atoms with E-state index < -0.39 is 11.6 Å². The van der Waals surface area contributed by atoms with E-state index in [0.717, 1.165) is 0 Å². The fourth-order valence-corrected chi connectivity index (χ4v) is 3.11. The molecule has 1 aromatic heterocycles. The van der Waals surface area contributed by atoms with Crippen LogP contribution < -0.4 is 10.2 Å². The number of hydrogen-bond acceptors (Lipinski definition) is 4. The van der Waals surface area contributed by atoms with Crippen LogP contribution in [0.3, 0.4) is 0 Å². The van der Waals surface area contributed by atoms with Gasteiger partial charge in [0.2, 0.25) is 0 Å². The lowest BCUT2D eigenvalue weighted by molar-refractivity contribution is 0.112. The zero-order valence-corrected chi connectivity index (χ0v) is 13.0. The number of anilines is 1. The third-order valence-corrected chi connectivity index (χ3v) is 4.57. The molecule has 0 saturated carbocycles. The van der Waals surface area contributed by atoms with Gasteiger partial charge in [0.25, 0.3) is 0 Å². The molecule has 1 aliphatic rings. The van der Waals surface area contributed by atoms with E-state index in [0.29, 0.717) is 41.5 Å². The first-order chi connectivity index (χ1) is 9.36. The van der Waals surface area contributed by atoms with Gasteiger partial charge in [-0.3, -0.25) is 4.79 Å². The van der Waals surface area contributed by atoms with Gasteiger partial charge in [0.15, 0.2) is 6.29 Å². The maximum atomic E-state index is 11.1. The van der Waals surface area contributed by atoms with E-state index in [9.17, 15) is 9.59 Å². The van der Waals surface area contributed by atoms with Crippen LogP contribution in [0.5, 0.6) is 0 Å². The molecular formula is C12H13BrClN3O3. The van der Waals surface area contributed by atoms with Gasteiger partial charge >= 0.3 is 6.09 Å². The summed E-state index contributed by atoms with van der Waals surface area (Å²) in [5.74, 6) is 0. The Labute approximate surface area is 129 Å². The number of hydrogen-bond donors (Lipinski definition) is 2. The summed E-state index contributed by atoms with van der Waals surface area (Å²) in [6, 6.07) is 0. The Bertz CT molecular complexity index is 569. The average molecular weight is 363 g/mol. The third kappa shape index (κ3) is 2.88. The average Bonchev–Trinajstić information content (AvgIpc) is 2.73. The van der Waals surface area contributed by atoms with E-state index in [-0.39, 0.29) is 5.15 Å². The maximum absolute atomic E-state index is 11.1. The summed E-state index contributed by atoms with van der Waals surface area (Å²) in [5.41, 5.74) is 0.512. The number of nitrogens with zero attached hydrogens (tertiary/aromatic N) is 2. The number of rotatable bonds is 3. The summed E-state index contributed by atoms with van der Waals surface area (Å²) in [5, 5.41) is 11.7. The van der Waals surface area contributed by atoms with E-state index in [1.165, 1.54) is 6.20 Å². The Balaban J connectivity index is 2.33.